The normalized spacial score (nSPS) is 41.4. The fourth-order valence-corrected chi connectivity index (χ4v) is 3.74. The van der Waals surface area contributed by atoms with Crippen LogP contribution >= 0.6 is 0 Å². The zero-order valence-electron chi connectivity index (χ0n) is 10.5. The minimum atomic E-state index is 0.542. The Morgan fingerprint density at radius 1 is 1.31 bits per heavy atom. The summed E-state index contributed by atoms with van der Waals surface area (Å²) in [6.45, 7) is 11.5. The summed E-state index contributed by atoms with van der Waals surface area (Å²) >= 11 is 0. The van der Waals surface area contributed by atoms with E-state index in [1.807, 2.05) is 0 Å². The summed E-state index contributed by atoms with van der Waals surface area (Å²) in [5.41, 5.74) is 0.542. The van der Waals surface area contributed by atoms with Gasteiger partial charge in [0.1, 0.15) is 0 Å². The number of rotatable bonds is 2. The number of piperazine rings is 1. The molecule has 3 saturated heterocycles. The summed E-state index contributed by atoms with van der Waals surface area (Å²) in [5.74, 6) is 0. The summed E-state index contributed by atoms with van der Waals surface area (Å²) in [6, 6.07) is 0.881. The topological polar surface area (TPSA) is 18.5 Å². The first-order valence-electron chi connectivity index (χ1n) is 6.92. The molecule has 0 amide bonds. The van der Waals surface area contributed by atoms with E-state index in [2.05, 4.69) is 22.0 Å². The highest BCUT2D eigenvalue weighted by atomic mass is 15.3. The summed E-state index contributed by atoms with van der Waals surface area (Å²) in [6.07, 6.45) is 4.22. The quantitative estimate of drug-likeness (QED) is 0.746. The van der Waals surface area contributed by atoms with Gasteiger partial charge in [-0.1, -0.05) is 6.92 Å². The van der Waals surface area contributed by atoms with E-state index in [9.17, 15) is 0 Å². The minimum Gasteiger partial charge on any atom is -0.316 e. The molecule has 0 aromatic rings. The first-order chi connectivity index (χ1) is 7.75. The molecule has 3 heteroatoms. The van der Waals surface area contributed by atoms with Crippen molar-refractivity contribution in [2.24, 2.45) is 5.41 Å². The van der Waals surface area contributed by atoms with Crippen molar-refractivity contribution in [3.63, 3.8) is 0 Å². The van der Waals surface area contributed by atoms with Crippen LogP contribution in [-0.4, -0.2) is 61.7 Å². The Balaban J connectivity index is 1.56. The second-order valence-corrected chi connectivity index (χ2v) is 6.30. The lowest BCUT2D eigenvalue weighted by molar-refractivity contribution is 0.0747. The number of fused-ring (bicyclic) bond motifs is 1. The van der Waals surface area contributed by atoms with Gasteiger partial charge in [-0.15, -0.1) is 0 Å². The molecule has 3 nitrogen and oxygen atoms in total. The van der Waals surface area contributed by atoms with Crippen LogP contribution in [-0.2, 0) is 0 Å². The summed E-state index contributed by atoms with van der Waals surface area (Å²) in [5, 5.41) is 3.51. The second kappa shape index (κ2) is 4.28. The molecule has 0 bridgehead atoms. The zero-order valence-corrected chi connectivity index (χ0v) is 10.5. The number of hydrogen-bond acceptors (Lipinski definition) is 3. The number of nitrogens with one attached hydrogen (secondary N) is 1. The van der Waals surface area contributed by atoms with Gasteiger partial charge in [-0.05, 0) is 37.8 Å². The van der Waals surface area contributed by atoms with Gasteiger partial charge in [0.25, 0.3) is 0 Å². The van der Waals surface area contributed by atoms with Crippen molar-refractivity contribution in [3.05, 3.63) is 0 Å². The average Bonchev–Trinajstić information content (AvgIpc) is 2.86. The summed E-state index contributed by atoms with van der Waals surface area (Å²) < 4.78 is 0. The Labute approximate surface area is 99.2 Å². The highest BCUT2D eigenvalue weighted by Crippen LogP contribution is 2.28. The third-order valence-corrected chi connectivity index (χ3v) is 4.73. The smallest absolute Gasteiger partial charge is 0.0224 e. The highest BCUT2D eigenvalue weighted by Gasteiger charge is 2.35. The minimum absolute atomic E-state index is 0.542. The molecule has 2 atom stereocenters. The largest absolute Gasteiger partial charge is 0.316 e. The van der Waals surface area contributed by atoms with Crippen molar-refractivity contribution in [3.8, 4) is 0 Å². The van der Waals surface area contributed by atoms with Crippen LogP contribution < -0.4 is 5.32 Å². The lowest BCUT2D eigenvalue weighted by Crippen LogP contribution is -2.52. The van der Waals surface area contributed by atoms with Crippen LogP contribution in [0.4, 0.5) is 0 Å². The van der Waals surface area contributed by atoms with Crippen molar-refractivity contribution in [1.29, 1.82) is 0 Å². The van der Waals surface area contributed by atoms with E-state index in [4.69, 9.17) is 0 Å². The molecule has 3 rings (SSSR count). The van der Waals surface area contributed by atoms with Crippen LogP contribution in [0.15, 0.2) is 0 Å². The Bertz CT molecular complexity index is 248. The number of hydrogen-bond donors (Lipinski definition) is 1. The van der Waals surface area contributed by atoms with E-state index in [0.717, 1.165) is 6.04 Å². The van der Waals surface area contributed by atoms with Gasteiger partial charge in [0, 0.05) is 38.8 Å². The molecular weight excluding hydrogens is 198 g/mol. The van der Waals surface area contributed by atoms with Gasteiger partial charge in [-0.3, -0.25) is 9.80 Å². The lowest BCUT2D eigenvalue weighted by atomic mass is 9.89. The van der Waals surface area contributed by atoms with Gasteiger partial charge < -0.3 is 5.32 Å². The van der Waals surface area contributed by atoms with E-state index in [1.165, 1.54) is 65.1 Å². The molecular formula is C13H25N3. The van der Waals surface area contributed by atoms with Crippen LogP contribution in [0.1, 0.15) is 26.2 Å². The second-order valence-electron chi connectivity index (χ2n) is 6.30. The number of nitrogens with zero attached hydrogens (tertiary/aromatic N) is 2. The average molecular weight is 223 g/mol. The fraction of sp³-hybridized carbons (Fsp3) is 1.00. The maximum atomic E-state index is 3.51. The van der Waals surface area contributed by atoms with Crippen LogP contribution in [0, 0.1) is 5.41 Å². The lowest BCUT2D eigenvalue weighted by Gasteiger charge is -2.40. The summed E-state index contributed by atoms with van der Waals surface area (Å²) in [4.78, 5) is 5.42. The maximum Gasteiger partial charge on any atom is 0.0224 e. The molecule has 3 aliphatic heterocycles. The van der Waals surface area contributed by atoms with Crippen LogP contribution in [0.2, 0.25) is 0 Å². The van der Waals surface area contributed by atoms with Crippen molar-refractivity contribution >= 4 is 0 Å². The van der Waals surface area contributed by atoms with E-state index in [0.29, 0.717) is 5.41 Å². The Hall–Kier alpha value is -0.120. The van der Waals surface area contributed by atoms with Gasteiger partial charge in [0.2, 0.25) is 0 Å². The third-order valence-electron chi connectivity index (χ3n) is 4.73. The van der Waals surface area contributed by atoms with Gasteiger partial charge in [-0.2, -0.15) is 0 Å². The molecule has 2 unspecified atom stereocenters. The van der Waals surface area contributed by atoms with Gasteiger partial charge >= 0.3 is 0 Å². The molecule has 0 radical (unpaired) electrons. The molecule has 0 spiro atoms. The molecule has 92 valence electrons. The molecule has 0 aliphatic carbocycles. The molecule has 1 N–H and O–H groups in total. The van der Waals surface area contributed by atoms with E-state index >= 15 is 0 Å². The van der Waals surface area contributed by atoms with Crippen LogP contribution in [0.3, 0.4) is 0 Å². The molecule has 0 aromatic heterocycles. The fourth-order valence-electron chi connectivity index (χ4n) is 3.74. The maximum absolute atomic E-state index is 3.51. The molecule has 0 aromatic carbocycles. The zero-order chi connectivity index (χ0) is 11.0. The van der Waals surface area contributed by atoms with Gasteiger partial charge in [0.15, 0.2) is 0 Å². The SMILES string of the molecule is CC1(CN2CCN3CCCC3C2)CCNC1. The third kappa shape index (κ3) is 2.13. The molecule has 3 fully saturated rings. The monoisotopic (exact) mass is 223 g/mol. The van der Waals surface area contributed by atoms with E-state index in [1.54, 1.807) is 0 Å². The van der Waals surface area contributed by atoms with E-state index in [-0.39, 0.29) is 0 Å². The van der Waals surface area contributed by atoms with Crippen molar-refractivity contribution in [1.82, 2.24) is 15.1 Å². The van der Waals surface area contributed by atoms with Crippen molar-refractivity contribution < 1.29 is 0 Å². The van der Waals surface area contributed by atoms with Crippen LogP contribution in [0.5, 0.6) is 0 Å². The van der Waals surface area contributed by atoms with E-state index < -0.39 is 0 Å². The first-order valence-corrected chi connectivity index (χ1v) is 6.92. The molecule has 3 heterocycles. The predicted octanol–water partition coefficient (Wildman–Crippen LogP) is 0.766. The van der Waals surface area contributed by atoms with Gasteiger partial charge in [0.05, 0.1) is 0 Å². The highest BCUT2D eigenvalue weighted by molar-refractivity contribution is 4.92. The Morgan fingerprint density at radius 2 is 2.25 bits per heavy atom. The predicted molar refractivity (Wildman–Crippen MR) is 66.6 cm³/mol. The molecule has 0 saturated carbocycles. The van der Waals surface area contributed by atoms with Crippen molar-refractivity contribution in [2.75, 3.05) is 45.8 Å². The first kappa shape index (κ1) is 11.0. The molecule has 3 aliphatic rings. The Morgan fingerprint density at radius 3 is 3.06 bits per heavy atom. The molecule has 16 heavy (non-hydrogen) atoms. The summed E-state index contributed by atoms with van der Waals surface area (Å²) in [7, 11) is 0. The Kier molecular flexibility index (Phi) is 2.94. The van der Waals surface area contributed by atoms with Crippen LogP contribution in [0.25, 0.3) is 0 Å². The standard InChI is InChI=1S/C13H25N3/c1-13(4-5-14-10-13)11-15-7-8-16-6-2-3-12(16)9-15/h12,14H,2-11H2,1H3. The van der Waals surface area contributed by atoms with Gasteiger partial charge in [-0.25, -0.2) is 0 Å². The van der Waals surface area contributed by atoms with Crippen molar-refractivity contribution in [2.45, 2.75) is 32.2 Å².